The summed E-state index contributed by atoms with van der Waals surface area (Å²) in [6.45, 7) is 8.01. The van der Waals surface area contributed by atoms with Crippen LogP contribution in [0.4, 0.5) is 0 Å². The number of nitrogens with one attached hydrogen (secondary N) is 1. The van der Waals surface area contributed by atoms with Crippen LogP contribution in [0.5, 0.6) is 5.75 Å². The van der Waals surface area contributed by atoms with Crippen molar-refractivity contribution in [3.63, 3.8) is 0 Å². The Hall–Kier alpha value is -2.16. The zero-order chi connectivity index (χ0) is 19.1. The van der Waals surface area contributed by atoms with Crippen LogP contribution in [-0.4, -0.2) is 104 Å². The largest absolute Gasteiger partial charge is 0.508 e. The van der Waals surface area contributed by atoms with E-state index in [0.717, 1.165) is 32.7 Å². The molecular formula is C19H28N4O4. The van der Waals surface area contributed by atoms with Gasteiger partial charge >= 0.3 is 0 Å². The van der Waals surface area contributed by atoms with Crippen molar-refractivity contribution in [3.05, 3.63) is 29.8 Å². The molecule has 27 heavy (non-hydrogen) atoms. The van der Waals surface area contributed by atoms with Crippen molar-refractivity contribution in [1.82, 2.24) is 20.0 Å². The number of benzene rings is 1. The Balaban J connectivity index is 1.31. The monoisotopic (exact) mass is 376 g/mol. The first-order chi connectivity index (χ1) is 13.1. The Kier molecular flexibility index (Phi) is 7.03. The predicted molar refractivity (Wildman–Crippen MR) is 101 cm³/mol. The summed E-state index contributed by atoms with van der Waals surface area (Å²) in [5.74, 6) is 0.203. The molecule has 8 nitrogen and oxygen atoms in total. The Morgan fingerprint density at radius 3 is 2.26 bits per heavy atom. The number of carbonyl (C=O) groups excluding carboxylic acids is 2. The predicted octanol–water partition coefficient (Wildman–Crippen LogP) is -0.402. The highest BCUT2D eigenvalue weighted by molar-refractivity contribution is 5.94. The lowest BCUT2D eigenvalue weighted by Gasteiger charge is -2.36. The Morgan fingerprint density at radius 1 is 0.963 bits per heavy atom. The SMILES string of the molecule is O=C(NCCN1CCN(CC(=O)N2CCOCC2)CC1)c1ccc(O)cc1. The van der Waals surface area contributed by atoms with Crippen LogP contribution >= 0.6 is 0 Å². The molecule has 0 unspecified atom stereocenters. The average molecular weight is 376 g/mol. The van der Waals surface area contributed by atoms with Crippen molar-refractivity contribution in [2.45, 2.75) is 0 Å². The average Bonchev–Trinajstić information content (AvgIpc) is 2.70. The summed E-state index contributed by atoms with van der Waals surface area (Å²) in [6, 6.07) is 6.22. The smallest absolute Gasteiger partial charge is 0.251 e. The molecule has 2 saturated heterocycles. The first-order valence-electron chi connectivity index (χ1n) is 9.49. The minimum atomic E-state index is -0.134. The third-order valence-corrected chi connectivity index (χ3v) is 5.03. The molecule has 148 valence electrons. The number of piperazine rings is 1. The van der Waals surface area contributed by atoms with E-state index in [1.807, 2.05) is 4.90 Å². The van der Waals surface area contributed by atoms with Gasteiger partial charge in [0.05, 0.1) is 19.8 Å². The molecule has 0 aromatic heterocycles. The molecule has 0 atom stereocenters. The number of phenolic OH excluding ortho intramolecular Hbond substituents is 1. The summed E-state index contributed by atoms with van der Waals surface area (Å²) in [5.41, 5.74) is 0.541. The molecular weight excluding hydrogens is 348 g/mol. The van der Waals surface area contributed by atoms with Gasteiger partial charge in [-0.3, -0.25) is 19.4 Å². The summed E-state index contributed by atoms with van der Waals surface area (Å²) in [7, 11) is 0. The maximum atomic E-state index is 12.3. The highest BCUT2D eigenvalue weighted by atomic mass is 16.5. The molecule has 0 bridgehead atoms. The number of hydrogen-bond acceptors (Lipinski definition) is 6. The van der Waals surface area contributed by atoms with Crippen LogP contribution in [-0.2, 0) is 9.53 Å². The van der Waals surface area contributed by atoms with Gasteiger partial charge in [-0.2, -0.15) is 0 Å². The van der Waals surface area contributed by atoms with E-state index in [-0.39, 0.29) is 17.6 Å². The lowest BCUT2D eigenvalue weighted by molar-refractivity contribution is -0.136. The minimum Gasteiger partial charge on any atom is -0.508 e. The van der Waals surface area contributed by atoms with Crippen LogP contribution < -0.4 is 5.32 Å². The molecule has 2 aliphatic heterocycles. The van der Waals surface area contributed by atoms with E-state index in [1.165, 1.54) is 12.1 Å². The van der Waals surface area contributed by atoms with Gasteiger partial charge in [-0.15, -0.1) is 0 Å². The van der Waals surface area contributed by atoms with Crippen molar-refractivity contribution in [1.29, 1.82) is 0 Å². The summed E-state index contributed by atoms with van der Waals surface area (Å²) in [5, 5.41) is 12.2. The van der Waals surface area contributed by atoms with Crippen molar-refractivity contribution in [2.75, 3.05) is 72.1 Å². The molecule has 2 fully saturated rings. The van der Waals surface area contributed by atoms with Gasteiger partial charge in [0.15, 0.2) is 0 Å². The van der Waals surface area contributed by atoms with Crippen LogP contribution in [0.25, 0.3) is 0 Å². The first kappa shape index (κ1) is 19.6. The first-order valence-corrected chi connectivity index (χ1v) is 9.49. The summed E-state index contributed by atoms with van der Waals surface area (Å²) < 4.78 is 5.29. The molecule has 2 amide bonds. The second-order valence-electron chi connectivity index (χ2n) is 6.91. The zero-order valence-electron chi connectivity index (χ0n) is 15.6. The topological polar surface area (TPSA) is 85.4 Å². The van der Waals surface area contributed by atoms with Crippen molar-refractivity contribution < 1.29 is 19.4 Å². The number of nitrogens with zero attached hydrogens (tertiary/aromatic N) is 3. The number of phenols is 1. The van der Waals surface area contributed by atoms with E-state index in [0.29, 0.717) is 45.0 Å². The number of carbonyl (C=O) groups is 2. The van der Waals surface area contributed by atoms with Gasteiger partial charge in [0.1, 0.15) is 5.75 Å². The van der Waals surface area contributed by atoms with Crippen LogP contribution in [0.3, 0.4) is 0 Å². The number of morpholine rings is 1. The number of hydrogen-bond donors (Lipinski definition) is 2. The van der Waals surface area contributed by atoms with Crippen LogP contribution in [0.15, 0.2) is 24.3 Å². The molecule has 2 N–H and O–H groups in total. The Bertz CT molecular complexity index is 623. The lowest BCUT2D eigenvalue weighted by atomic mass is 10.2. The minimum absolute atomic E-state index is 0.134. The van der Waals surface area contributed by atoms with E-state index >= 15 is 0 Å². The Labute approximate surface area is 159 Å². The number of amides is 2. The zero-order valence-corrected chi connectivity index (χ0v) is 15.6. The highest BCUT2D eigenvalue weighted by Gasteiger charge is 2.22. The molecule has 2 aliphatic rings. The number of aromatic hydroxyl groups is 1. The fourth-order valence-electron chi connectivity index (χ4n) is 3.32. The third-order valence-electron chi connectivity index (χ3n) is 5.03. The normalized spacial score (nSPS) is 19.0. The van der Waals surface area contributed by atoms with Gasteiger partial charge in [-0.05, 0) is 24.3 Å². The van der Waals surface area contributed by atoms with Crippen LogP contribution in [0.1, 0.15) is 10.4 Å². The van der Waals surface area contributed by atoms with Gasteiger partial charge in [0.2, 0.25) is 5.91 Å². The van der Waals surface area contributed by atoms with E-state index < -0.39 is 0 Å². The highest BCUT2D eigenvalue weighted by Crippen LogP contribution is 2.09. The second kappa shape index (κ2) is 9.68. The van der Waals surface area contributed by atoms with E-state index in [1.54, 1.807) is 12.1 Å². The number of ether oxygens (including phenoxy) is 1. The van der Waals surface area contributed by atoms with E-state index in [4.69, 9.17) is 4.74 Å². The van der Waals surface area contributed by atoms with Gasteiger partial charge in [-0.1, -0.05) is 0 Å². The van der Waals surface area contributed by atoms with Gasteiger partial charge in [-0.25, -0.2) is 0 Å². The third kappa shape index (κ3) is 5.92. The summed E-state index contributed by atoms with van der Waals surface area (Å²) in [4.78, 5) is 30.7. The van der Waals surface area contributed by atoms with Gasteiger partial charge in [0, 0.05) is 57.9 Å². The summed E-state index contributed by atoms with van der Waals surface area (Å²) >= 11 is 0. The van der Waals surface area contributed by atoms with Crippen LogP contribution in [0, 0.1) is 0 Å². The summed E-state index contributed by atoms with van der Waals surface area (Å²) in [6.07, 6.45) is 0. The fourth-order valence-corrected chi connectivity index (χ4v) is 3.32. The Morgan fingerprint density at radius 2 is 1.59 bits per heavy atom. The van der Waals surface area contributed by atoms with Crippen molar-refractivity contribution in [2.24, 2.45) is 0 Å². The molecule has 2 heterocycles. The lowest BCUT2D eigenvalue weighted by Crippen LogP contribution is -2.52. The van der Waals surface area contributed by atoms with Crippen molar-refractivity contribution >= 4 is 11.8 Å². The molecule has 0 spiro atoms. The van der Waals surface area contributed by atoms with Gasteiger partial charge in [0.25, 0.3) is 5.91 Å². The quantitative estimate of drug-likeness (QED) is 0.703. The van der Waals surface area contributed by atoms with E-state index in [2.05, 4.69) is 15.1 Å². The molecule has 0 saturated carbocycles. The molecule has 1 aromatic carbocycles. The molecule has 0 aliphatic carbocycles. The number of rotatable bonds is 6. The molecule has 1 aromatic rings. The van der Waals surface area contributed by atoms with Crippen LogP contribution in [0.2, 0.25) is 0 Å². The van der Waals surface area contributed by atoms with Crippen molar-refractivity contribution in [3.8, 4) is 5.75 Å². The fraction of sp³-hybridized carbons (Fsp3) is 0.579. The molecule has 8 heteroatoms. The standard InChI is InChI=1S/C19H28N4O4/c24-17-3-1-16(2-4-17)19(26)20-5-6-21-7-9-22(10-8-21)15-18(25)23-11-13-27-14-12-23/h1-4,24H,5-15H2,(H,20,26). The van der Waals surface area contributed by atoms with E-state index in [9.17, 15) is 14.7 Å². The molecule has 0 radical (unpaired) electrons. The second-order valence-corrected chi connectivity index (χ2v) is 6.91. The maximum absolute atomic E-state index is 12.3. The molecule has 3 rings (SSSR count). The maximum Gasteiger partial charge on any atom is 0.251 e. The van der Waals surface area contributed by atoms with Gasteiger partial charge < -0.3 is 20.1 Å².